The number of hydrogen-bond acceptors (Lipinski definition) is 4. The largest absolute Gasteiger partial charge is 0.508 e. The number of phenolic OH excluding ortho intramolecular Hbond substituents is 2. The highest BCUT2D eigenvalue weighted by Crippen LogP contribution is 2.24. The van der Waals surface area contributed by atoms with Crippen LogP contribution in [0, 0.1) is 0 Å². The van der Waals surface area contributed by atoms with Gasteiger partial charge in [-0.3, -0.25) is 9.59 Å². The number of phenols is 2. The monoisotopic (exact) mass is 253 g/mol. The van der Waals surface area contributed by atoms with Crippen molar-refractivity contribution >= 4 is 11.9 Å². The average Bonchev–Trinajstić information content (AvgIpc) is 2.24. The summed E-state index contributed by atoms with van der Waals surface area (Å²) in [5.74, 6) is -2.27. The van der Waals surface area contributed by atoms with Gasteiger partial charge in [-0.05, 0) is 26.0 Å². The first-order chi connectivity index (χ1) is 8.32. The fraction of sp³-hybridized carbons (Fsp3) is 0.333. The maximum absolute atomic E-state index is 12.1. The molecule has 0 saturated carbocycles. The van der Waals surface area contributed by atoms with Gasteiger partial charge in [-0.15, -0.1) is 0 Å². The lowest BCUT2D eigenvalue weighted by Crippen LogP contribution is -2.40. The summed E-state index contributed by atoms with van der Waals surface area (Å²) >= 11 is 0. The summed E-state index contributed by atoms with van der Waals surface area (Å²) in [5.41, 5.74) is -0.0391. The zero-order chi connectivity index (χ0) is 13.9. The van der Waals surface area contributed by atoms with Crippen molar-refractivity contribution in [1.29, 1.82) is 0 Å². The molecule has 0 atom stereocenters. The number of carboxylic acid groups (broad SMARTS) is 1. The maximum atomic E-state index is 12.1. The van der Waals surface area contributed by atoms with Crippen molar-refractivity contribution in [1.82, 2.24) is 4.90 Å². The van der Waals surface area contributed by atoms with Gasteiger partial charge in [0.25, 0.3) is 5.91 Å². The fourth-order valence-corrected chi connectivity index (χ4v) is 1.49. The molecule has 18 heavy (non-hydrogen) atoms. The van der Waals surface area contributed by atoms with Crippen LogP contribution < -0.4 is 0 Å². The highest BCUT2D eigenvalue weighted by molar-refractivity contribution is 5.98. The van der Waals surface area contributed by atoms with Crippen LogP contribution in [-0.2, 0) is 4.79 Å². The minimum Gasteiger partial charge on any atom is -0.508 e. The molecular weight excluding hydrogens is 238 g/mol. The molecule has 6 heteroatoms. The molecule has 3 N–H and O–H groups in total. The van der Waals surface area contributed by atoms with Crippen LogP contribution in [0.4, 0.5) is 0 Å². The Labute approximate surface area is 104 Å². The van der Waals surface area contributed by atoms with Crippen molar-refractivity contribution in [2.45, 2.75) is 19.9 Å². The van der Waals surface area contributed by atoms with Crippen LogP contribution in [0.25, 0.3) is 0 Å². The van der Waals surface area contributed by atoms with Crippen LogP contribution in [0.5, 0.6) is 11.5 Å². The number of aromatic hydroxyl groups is 2. The summed E-state index contributed by atoms with van der Waals surface area (Å²) in [6, 6.07) is 3.23. The van der Waals surface area contributed by atoms with Gasteiger partial charge in [-0.25, -0.2) is 0 Å². The second-order valence-corrected chi connectivity index (χ2v) is 4.12. The van der Waals surface area contributed by atoms with Crippen LogP contribution in [0.2, 0.25) is 0 Å². The molecule has 0 aliphatic carbocycles. The standard InChI is InChI=1S/C12H15NO5/c1-7(2)13(6-11(16)17)12(18)9-4-3-8(14)5-10(9)15/h3-5,7,14-15H,6H2,1-2H3,(H,16,17). The minimum atomic E-state index is -1.13. The molecule has 0 fully saturated rings. The third kappa shape index (κ3) is 3.13. The van der Waals surface area contributed by atoms with E-state index in [4.69, 9.17) is 10.2 Å². The van der Waals surface area contributed by atoms with E-state index in [1.807, 2.05) is 0 Å². The van der Waals surface area contributed by atoms with Crippen LogP contribution in [0.3, 0.4) is 0 Å². The van der Waals surface area contributed by atoms with Gasteiger partial charge < -0.3 is 20.2 Å². The van der Waals surface area contributed by atoms with E-state index in [-0.39, 0.29) is 23.1 Å². The van der Waals surface area contributed by atoms with E-state index in [0.717, 1.165) is 11.0 Å². The molecule has 0 radical (unpaired) electrons. The van der Waals surface area contributed by atoms with Crippen molar-refractivity contribution in [3.8, 4) is 11.5 Å². The van der Waals surface area contributed by atoms with Crippen molar-refractivity contribution in [2.75, 3.05) is 6.54 Å². The molecule has 1 rings (SSSR count). The van der Waals surface area contributed by atoms with Gasteiger partial charge >= 0.3 is 5.97 Å². The van der Waals surface area contributed by atoms with Gasteiger partial charge in [-0.1, -0.05) is 0 Å². The van der Waals surface area contributed by atoms with Crippen LogP contribution in [0.15, 0.2) is 18.2 Å². The second kappa shape index (κ2) is 5.39. The Morgan fingerprint density at radius 1 is 1.28 bits per heavy atom. The average molecular weight is 253 g/mol. The summed E-state index contributed by atoms with van der Waals surface area (Å²) in [4.78, 5) is 23.9. The lowest BCUT2D eigenvalue weighted by atomic mass is 10.1. The molecule has 0 aliphatic rings. The molecule has 0 unspecified atom stereocenters. The van der Waals surface area contributed by atoms with Crippen molar-refractivity contribution in [2.24, 2.45) is 0 Å². The van der Waals surface area contributed by atoms with E-state index < -0.39 is 18.4 Å². The molecule has 1 aromatic rings. The van der Waals surface area contributed by atoms with Gasteiger partial charge in [0.05, 0.1) is 5.56 Å². The van der Waals surface area contributed by atoms with Crippen LogP contribution in [-0.4, -0.2) is 44.7 Å². The summed E-state index contributed by atoms with van der Waals surface area (Å²) in [7, 11) is 0. The van der Waals surface area contributed by atoms with E-state index in [9.17, 15) is 14.7 Å². The SMILES string of the molecule is CC(C)N(CC(=O)O)C(=O)c1ccc(O)cc1O. The molecule has 0 spiro atoms. The van der Waals surface area contributed by atoms with Crippen molar-refractivity contribution in [3.05, 3.63) is 23.8 Å². The summed E-state index contributed by atoms with van der Waals surface area (Å²) in [6.45, 7) is 2.91. The third-order valence-corrected chi connectivity index (χ3v) is 2.40. The van der Waals surface area contributed by atoms with Crippen LogP contribution in [0.1, 0.15) is 24.2 Å². The Hall–Kier alpha value is -2.24. The molecule has 6 nitrogen and oxygen atoms in total. The number of amides is 1. The number of carboxylic acids is 1. The normalized spacial score (nSPS) is 10.4. The lowest BCUT2D eigenvalue weighted by molar-refractivity contribution is -0.138. The molecule has 0 saturated heterocycles. The molecule has 0 heterocycles. The van der Waals surface area contributed by atoms with E-state index in [1.165, 1.54) is 12.1 Å². The number of carbonyl (C=O) groups excluding carboxylic acids is 1. The first-order valence-corrected chi connectivity index (χ1v) is 5.37. The molecular formula is C12H15NO5. The number of benzene rings is 1. The Morgan fingerprint density at radius 2 is 1.89 bits per heavy atom. The maximum Gasteiger partial charge on any atom is 0.323 e. The summed E-state index contributed by atoms with van der Waals surface area (Å²) < 4.78 is 0. The molecule has 0 aromatic heterocycles. The number of rotatable bonds is 4. The zero-order valence-electron chi connectivity index (χ0n) is 10.1. The summed E-state index contributed by atoms with van der Waals surface area (Å²) in [6.07, 6.45) is 0. The molecule has 1 aromatic carbocycles. The Morgan fingerprint density at radius 3 is 2.33 bits per heavy atom. The van der Waals surface area contributed by atoms with Gasteiger partial charge in [-0.2, -0.15) is 0 Å². The van der Waals surface area contributed by atoms with Gasteiger partial charge in [0, 0.05) is 12.1 Å². The first kappa shape index (κ1) is 13.8. The van der Waals surface area contributed by atoms with E-state index in [2.05, 4.69) is 0 Å². The quantitative estimate of drug-likeness (QED) is 0.744. The van der Waals surface area contributed by atoms with Gasteiger partial charge in [0.2, 0.25) is 0 Å². The number of nitrogens with zero attached hydrogens (tertiary/aromatic N) is 1. The first-order valence-electron chi connectivity index (χ1n) is 5.37. The lowest BCUT2D eigenvalue weighted by Gasteiger charge is -2.25. The smallest absolute Gasteiger partial charge is 0.323 e. The van der Waals surface area contributed by atoms with Crippen LogP contribution >= 0.6 is 0 Å². The van der Waals surface area contributed by atoms with Gasteiger partial charge in [0.15, 0.2) is 0 Å². The van der Waals surface area contributed by atoms with E-state index in [1.54, 1.807) is 13.8 Å². The number of aliphatic carboxylic acids is 1. The zero-order valence-corrected chi connectivity index (χ0v) is 10.1. The van der Waals surface area contributed by atoms with Gasteiger partial charge in [0.1, 0.15) is 18.0 Å². The predicted molar refractivity (Wildman–Crippen MR) is 63.6 cm³/mol. The number of carbonyl (C=O) groups is 2. The van der Waals surface area contributed by atoms with Crippen molar-refractivity contribution in [3.63, 3.8) is 0 Å². The van der Waals surface area contributed by atoms with E-state index in [0.29, 0.717) is 0 Å². The predicted octanol–water partition coefficient (Wildman–Crippen LogP) is 1.03. The topological polar surface area (TPSA) is 98.1 Å². The molecule has 0 bridgehead atoms. The Balaban J connectivity index is 3.05. The number of hydrogen-bond donors (Lipinski definition) is 3. The molecule has 98 valence electrons. The Bertz CT molecular complexity index is 470. The van der Waals surface area contributed by atoms with E-state index >= 15 is 0 Å². The molecule has 0 aliphatic heterocycles. The molecule has 1 amide bonds. The second-order valence-electron chi connectivity index (χ2n) is 4.12. The fourth-order valence-electron chi connectivity index (χ4n) is 1.49. The highest BCUT2D eigenvalue weighted by atomic mass is 16.4. The van der Waals surface area contributed by atoms with Crippen molar-refractivity contribution < 1.29 is 24.9 Å². The summed E-state index contributed by atoms with van der Waals surface area (Å²) in [5, 5.41) is 27.5. The third-order valence-electron chi connectivity index (χ3n) is 2.40. The minimum absolute atomic E-state index is 0.0391. The highest BCUT2D eigenvalue weighted by Gasteiger charge is 2.23. The Kier molecular flexibility index (Phi) is 4.14.